The van der Waals surface area contributed by atoms with E-state index in [1.54, 1.807) is 24.3 Å². The lowest BCUT2D eigenvalue weighted by Gasteiger charge is -2.18. The molecular formula is C20H22ClN3O4. The van der Waals surface area contributed by atoms with Gasteiger partial charge >= 0.3 is 12.0 Å². The molecule has 0 fully saturated rings. The molecule has 0 aromatic heterocycles. The topological polar surface area (TPSA) is 111 Å². The normalized spacial score (nSPS) is 12.5. The summed E-state index contributed by atoms with van der Waals surface area (Å²) >= 11 is 5.85. The molecule has 0 bridgehead atoms. The van der Waals surface area contributed by atoms with E-state index >= 15 is 0 Å². The number of rotatable bonds is 8. The lowest BCUT2D eigenvalue weighted by molar-refractivity contribution is -0.149. The fourth-order valence-electron chi connectivity index (χ4n) is 2.60. The van der Waals surface area contributed by atoms with Gasteiger partial charge in [-0.15, -0.1) is 0 Å². The third kappa shape index (κ3) is 6.92. The van der Waals surface area contributed by atoms with Crippen LogP contribution in [-0.4, -0.2) is 24.5 Å². The van der Waals surface area contributed by atoms with Gasteiger partial charge in [0.05, 0.1) is 18.5 Å². The van der Waals surface area contributed by atoms with Gasteiger partial charge in [0.15, 0.2) is 6.61 Å². The molecule has 0 saturated carbocycles. The number of esters is 1. The van der Waals surface area contributed by atoms with Crippen LogP contribution in [0.15, 0.2) is 54.6 Å². The summed E-state index contributed by atoms with van der Waals surface area (Å²) < 4.78 is 5.03. The Hall–Kier alpha value is -3.06. The van der Waals surface area contributed by atoms with Gasteiger partial charge in [0.25, 0.3) is 5.91 Å². The van der Waals surface area contributed by atoms with Crippen molar-refractivity contribution in [1.82, 2.24) is 10.6 Å². The van der Waals surface area contributed by atoms with Crippen LogP contribution in [0, 0.1) is 0 Å². The lowest BCUT2D eigenvalue weighted by atomic mass is 10.0. The number of primary amides is 1. The number of halogens is 1. The Balaban J connectivity index is 1.87. The SMILES string of the molecule is C[C@H](NC(=O)COC(=O)C[C@H](NC(N)=O)c1ccc(Cl)cc1)c1ccccc1. The molecule has 2 aromatic rings. The van der Waals surface area contributed by atoms with Gasteiger partial charge in [-0.2, -0.15) is 0 Å². The van der Waals surface area contributed by atoms with E-state index in [-0.39, 0.29) is 12.5 Å². The van der Waals surface area contributed by atoms with Gasteiger partial charge < -0.3 is 21.1 Å². The first-order chi connectivity index (χ1) is 13.3. The molecule has 0 saturated heterocycles. The number of urea groups is 1. The van der Waals surface area contributed by atoms with E-state index in [1.807, 2.05) is 37.3 Å². The third-order valence-corrected chi connectivity index (χ3v) is 4.25. The summed E-state index contributed by atoms with van der Waals surface area (Å²) in [4.78, 5) is 35.3. The van der Waals surface area contributed by atoms with E-state index in [2.05, 4.69) is 10.6 Å². The largest absolute Gasteiger partial charge is 0.456 e. The summed E-state index contributed by atoms with van der Waals surface area (Å²) in [6.45, 7) is 1.42. The zero-order valence-corrected chi connectivity index (χ0v) is 16.1. The van der Waals surface area contributed by atoms with Crippen LogP contribution in [0.4, 0.5) is 4.79 Å². The summed E-state index contributed by atoms with van der Waals surface area (Å²) in [7, 11) is 0. The minimum Gasteiger partial charge on any atom is -0.456 e. The molecule has 0 aliphatic heterocycles. The van der Waals surface area contributed by atoms with Gasteiger partial charge in [0.2, 0.25) is 0 Å². The first-order valence-electron chi connectivity index (χ1n) is 8.66. The van der Waals surface area contributed by atoms with Crippen molar-refractivity contribution in [3.05, 3.63) is 70.7 Å². The molecule has 2 rings (SSSR count). The number of carbonyl (C=O) groups is 3. The maximum absolute atomic E-state index is 12.1. The van der Waals surface area contributed by atoms with Gasteiger partial charge in [-0.3, -0.25) is 9.59 Å². The Morgan fingerprint density at radius 2 is 1.64 bits per heavy atom. The van der Waals surface area contributed by atoms with E-state index in [1.165, 1.54) is 0 Å². The second-order valence-corrected chi connectivity index (χ2v) is 6.61. The molecule has 0 heterocycles. The van der Waals surface area contributed by atoms with Crippen molar-refractivity contribution >= 4 is 29.5 Å². The number of amides is 3. The van der Waals surface area contributed by atoms with E-state index in [9.17, 15) is 14.4 Å². The second kappa shape index (κ2) is 10.3. The average Bonchev–Trinajstić information content (AvgIpc) is 2.67. The van der Waals surface area contributed by atoms with Gasteiger partial charge in [0, 0.05) is 5.02 Å². The van der Waals surface area contributed by atoms with Crippen molar-refractivity contribution in [2.24, 2.45) is 5.73 Å². The Kier molecular flexibility index (Phi) is 7.83. The summed E-state index contributed by atoms with van der Waals surface area (Å²) in [6, 6.07) is 14.4. The highest BCUT2D eigenvalue weighted by molar-refractivity contribution is 6.30. The second-order valence-electron chi connectivity index (χ2n) is 6.18. The number of ether oxygens (including phenoxy) is 1. The van der Waals surface area contributed by atoms with Gasteiger partial charge in [-0.1, -0.05) is 54.1 Å². The zero-order valence-electron chi connectivity index (χ0n) is 15.4. The maximum Gasteiger partial charge on any atom is 0.312 e. The molecule has 0 unspecified atom stereocenters. The standard InChI is InChI=1S/C20H22ClN3O4/c1-13(14-5-3-2-4-6-14)23-18(25)12-28-19(26)11-17(24-20(22)27)15-7-9-16(21)10-8-15/h2-10,13,17H,11-12H2,1H3,(H,23,25)(H3,22,24,27)/t13-,17-/m0/s1. The summed E-state index contributed by atoms with van der Waals surface area (Å²) in [5.74, 6) is -1.06. The van der Waals surface area contributed by atoms with Gasteiger partial charge in [-0.05, 0) is 30.2 Å². The number of carbonyl (C=O) groups excluding carboxylic acids is 3. The molecule has 0 aliphatic carbocycles. The number of nitrogens with one attached hydrogen (secondary N) is 2. The van der Waals surface area contributed by atoms with Crippen molar-refractivity contribution < 1.29 is 19.1 Å². The Bertz CT molecular complexity index is 812. The molecule has 8 heteroatoms. The molecule has 28 heavy (non-hydrogen) atoms. The third-order valence-electron chi connectivity index (χ3n) is 4.00. The molecule has 2 atom stereocenters. The smallest absolute Gasteiger partial charge is 0.312 e. The first-order valence-corrected chi connectivity index (χ1v) is 9.04. The predicted molar refractivity (Wildman–Crippen MR) is 105 cm³/mol. The van der Waals surface area contributed by atoms with E-state index in [4.69, 9.17) is 22.1 Å². The van der Waals surface area contributed by atoms with Crippen LogP contribution in [0.2, 0.25) is 5.02 Å². The van der Waals surface area contributed by atoms with Crippen molar-refractivity contribution in [2.75, 3.05) is 6.61 Å². The Morgan fingerprint density at radius 1 is 1.00 bits per heavy atom. The summed E-state index contributed by atoms with van der Waals surface area (Å²) in [5, 5.41) is 5.76. The summed E-state index contributed by atoms with van der Waals surface area (Å²) in [5.41, 5.74) is 6.76. The van der Waals surface area contributed by atoms with Crippen LogP contribution in [0.3, 0.4) is 0 Å². The highest BCUT2D eigenvalue weighted by Crippen LogP contribution is 2.20. The molecule has 0 radical (unpaired) electrons. The van der Waals surface area contributed by atoms with Gasteiger partial charge in [0.1, 0.15) is 0 Å². The number of benzene rings is 2. The molecule has 2 aromatic carbocycles. The van der Waals surface area contributed by atoms with Crippen molar-refractivity contribution in [3.63, 3.8) is 0 Å². The zero-order chi connectivity index (χ0) is 20.5. The minimum atomic E-state index is -0.776. The maximum atomic E-state index is 12.1. The van der Waals surface area contributed by atoms with E-state index < -0.39 is 30.6 Å². The van der Waals surface area contributed by atoms with Crippen LogP contribution >= 0.6 is 11.6 Å². The number of hydrogen-bond acceptors (Lipinski definition) is 4. The van der Waals surface area contributed by atoms with Crippen LogP contribution in [-0.2, 0) is 14.3 Å². The average molecular weight is 404 g/mol. The molecule has 3 amide bonds. The fourth-order valence-corrected chi connectivity index (χ4v) is 2.72. The van der Waals surface area contributed by atoms with Crippen molar-refractivity contribution in [2.45, 2.75) is 25.4 Å². The fraction of sp³-hybridized carbons (Fsp3) is 0.250. The van der Waals surface area contributed by atoms with Crippen LogP contribution < -0.4 is 16.4 Å². The van der Waals surface area contributed by atoms with Crippen LogP contribution in [0.25, 0.3) is 0 Å². The Labute approximate surface area is 168 Å². The summed E-state index contributed by atoms with van der Waals surface area (Å²) in [6.07, 6.45) is -0.175. The highest BCUT2D eigenvalue weighted by atomic mass is 35.5. The highest BCUT2D eigenvalue weighted by Gasteiger charge is 2.19. The van der Waals surface area contributed by atoms with Gasteiger partial charge in [-0.25, -0.2) is 4.79 Å². The molecule has 7 nitrogen and oxygen atoms in total. The minimum absolute atomic E-state index is 0.175. The molecular weight excluding hydrogens is 382 g/mol. The quantitative estimate of drug-likeness (QED) is 0.588. The monoisotopic (exact) mass is 403 g/mol. The molecule has 148 valence electrons. The Morgan fingerprint density at radius 3 is 2.25 bits per heavy atom. The lowest BCUT2D eigenvalue weighted by Crippen LogP contribution is -2.35. The van der Waals surface area contributed by atoms with E-state index in [0.717, 1.165) is 5.56 Å². The van der Waals surface area contributed by atoms with E-state index in [0.29, 0.717) is 10.6 Å². The molecule has 0 spiro atoms. The van der Waals surface area contributed by atoms with Crippen molar-refractivity contribution in [1.29, 1.82) is 0 Å². The van der Waals surface area contributed by atoms with Crippen molar-refractivity contribution in [3.8, 4) is 0 Å². The number of hydrogen-bond donors (Lipinski definition) is 3. The molecule has 4 N–H and O–H groups in total. The predicted octanol–water partition coefficient (Wildman–Crippen LogP) is 2.86. The number of nitrogens with two attached hydrogens (primary N) is 1. The van der Waals surface area contributed by atoms with Crippen LogP contribution in [0.1, 0.15) is 36.6 Å². The molecule has 0 aliphatic rings. The first kappa shape index (κ1) is 21.2. The van der Waals surface area contributed by atoms with Crippen LogP contribution in [0.5, 0.6) is 0 Å².